The van der Waals surface area contributed by atoms with Gasteiger partial charge in [0.05, 0.1) is 25.2 Å². The molecule has 6 heteroatoms. The zero-order valence-electron chi connectivity index (χ0n) is 15.3. The van der Waals surface area contributed by atoms with Crippen LogP contribution in [0.2, 0.25) is 0 Å². The van der Waals surface area contributed by atoms with Crippen molar-refractivity contribution in [3.05, 3.63) is 23.8 Å². The highest BCUT2D eigenvalue weighted by Crippen LogP contribution is 2.30. The Balaban J connectivity index is 2.19. The Hall–Kier alpha value is -2.24. The lowest BCUT2D eigenvalue weighted by Crippen LogP contribution is -2.30. The van der Waals surface area contributed by atoms with Gasteiger partial charge in [0.25, 0.3) is 5.91 Å². The van der Waals surface area contributed by atoms with Crippen LogP contribution in [0.15, 0.2) is 18.2 Å². The van der Waals surface area contributed by atoms with Crippen LogP contribution >= 0.6 is 0 Å². The SMILES string of the molecule is COc1ccc(C(=O)N2C[C@@H](C)[C@H](C(=O)O)C2)c(OCCC(C)C)c1. The lowest BCUT2D eigenvalue weighted by molar-refractivity contribution is -0.142. The third kappa shape index (κ3) is 4.65. The Labute approximate surface area is 148 Å². The third-order valence-electron chi connectivity index (χ3n) is 4.59. The number of aliphatic carboxylic acids is 1. The van der Waals surface area contributed by atoms with Crippen LogP contribution < -0.4 is 9.47 Å². The predicted molar refractivity (Wildman–Crippen MR) is 94.1 cm³/mol. The number of amides is 1. The number of benzene rings is 1. The van der Waals surface area contributed by atoms with E-state index in [1.54, 1.807) is 30.2 Å². The number of carbonyl (C=O) groups excluding carboxylic acids is 1. The molecule has 0 unspecified atom stereocenters. The maximum atomic E-state index is 12.9. The van der Waals surface area contributed by atoms with Gasteiger partial charge in [-0.05, 0) is 30.4 Å². The van der Waals surface area contributed by atoms with Gasteiger partial charge in [-0.1, -0.05) is 20.8 Å². The van der Waals surface area contributed by atoms with Crippen molar-refractivity contribution in [2.75, 3.05) is 26.8 Å². The van der Waals surface area contributed by atoms with Crippen LogP contribution in [0.1, 0.15) is 37.6 Å². The Kier molecular flexibility index (Phi) is 6.28. The number of rotatable bonds is 7. The van der Waals surface area contributed by atoms with Crippen molar-refractivity contribution in [2.24, 2.45) is 17.8 Å². The summed E-state index contributed by atoms with van der Waals surface area (Å²) in [7, 11) is 1.56. The van der Waals surface area contributed by atoms with Crippen molar-refractivity contribution in [3.8, 4) is 11.5 Å². The molecular formula is C19H27NO5. The molecule has 1 saturated heterocycles. The average molecular weight is 349 g/mol. The second-order valence-corrected chi connectivity index (χ2v) is 7.03. The van der Waals surface area contributed by atoms with E-state index in [4.69, 9.17) is 9.47 Å². The van der Waals surface area contributed by atoms with E-state index in [-0.39, 0.29) is 18.4 Å². The molecule has 2 atom stereocenters. The highest BCUT2D eigenvalue weighted by atomic mass is 16.5. The summed E-state index contributed by atoms with van der Waals surface area (Å²) in [5.41, 5.74) is 0.447. The van der Waals surface area contributed by atoms with Gasteiger partial charge in [-0.15, -0.1) is 0 Å². The van der Waals surface area contributed by atoms with E-state index in [9.17, 15) is 14.7 Å². The molecule has 0 aromatic heterocycles. The molecule has 2 rings (SSSR count). The topological polar surface area (TPSA) is 76.1 Å². The highest BCUT2D eigenvalue weighted by Gasteiger charge is 2.37. The number of hydrogen-bond acceptors (Lipinski definition) is 4. The van der Waals surface area contributed by atoms with Crippen LogP contribution in [0.25, 0.3) is 0 Å². The lowest BCUT2D eigenvalue weighted by atomic mass is 9.99. The van der Waals surface area contributed by atoms with Gasteiger partial charge in [0.1, 0.15) is 11.5 Å². The minimum absolute atomic E-state index is 0.0648. The highest BCUT2D eigenvalue weighted by molar-refractivity contribution is 5.97. The molecule has 1 aromatic rings. The second-order valence-electron chi connectivity index (χ2n) is 7.03. The van der Waals surface area contributed by atoms with Crippen LogP contribution in [0, 0.1) is 17.8 Å². The molecule has 1 aliphatic rings. The van der Waals surface area contributed by atoms with Crippen LogP contribution in [0.4, 0.5) is 0 Å². The third-order valence-corrected chi connectivity index (χ3v) is 4.59. The number of carbonyl (C=O) groups is 2. The fourth-order valence-electron chi connectivity index (χ4n) is 2.95. The maximum absolute atomic E-state index is 12.9. The van der Waals surface area contributed by atoms with Crippen LogP contribution in [-0.4, -0.2) is 48.7 Å². The molecule has 0 saturated carbocycles. The van der Waals surface area contributed by atoms with Gasteiger partial charge in [0, 0.05) is 19.2 Å². The van der Waals surface area contributed by atoms with E-state index >= 15 is 0 Å². The molecule has 1 aromatic carbocycles. The summed E-state index contributed by atoms with van der Waals surface area (Å²) in [5.74, 6) is -0.0347. The number of likely N-dealkylation sites (tertiary alicyclic amines) is 1. The number of ether oxygens (including phenoxy) is 2. The Morgan fingerprint density at radius 3 is 2.60 bits per heavy atom. The van der Waals surface area contributed by atoms with Crippen molar-refractivity contribution >= 4 is 11.9 Å². The Morgan fingerprint density at radius 2 is 2.04 bits per heavy atom. The minimum Gasteiger partial charge on any atom is -0.497 e. The summed E-state index contributed by atoms with van der Waals surface area (Å²) >= 11 is 0. The van der Waals surface area contributed by atoms with Gasteiger partial charge in [-0.2, -0.15) is 0 Å². The Bertz CT molecular complexity index is 628. The predicted octanol–water partition coefficient (Wildman–Crippen LogP) is 2.91. The van der Waals surface area contributed by atoms with Gasteiger partial charge in [-0.3, -0.25) is 9.59 Å². The number of hydrogen-bond donors (Lipinski definition) is 1. The monoisotopic (exact) mass is 349 g/mol. The number of carboxylic acids is 1. The van der Waals surface area contributed by atoms with Crippen molar-refractivity contribution < 1.29 is 24.2 Å². The molecule has 1 heterocycles. The largest absolute Gasteiger partial charge is 0.497 e. The van der Waals surface area contributed by atoms with Crippen molar-refractivity contribution in [2.45, 2.75) is 27.2 Å². The first-order valence-corrected chi connectivity index (χ1v) is 8.66. The van der Waals surface area contributed by atoms with Gasteiger partial charge < -0.3 is 19.5 Å². The fraction of sp³-hybridized carbons (Fsp3) is 0.579. The lowest BCUT2D eigenvalue weighted by Gasteiger charge is -2.19. The number of carboxylic acid groups (broad SMARTS) is 1. The molecule has 0 radical (unpaired) electrons. The molecule has 25 heavy (non-hydrogen) atoms. The summed E-state index contributed by atoms with van der Waals surface area (Å²) in [6, 6.07) is 5.11. The molecule has 1 amide bonds. The summed E-state index contributed by atoms with van der Waals surface area (Å²) in [6.45, 7) is 7.26. The standard InChI is InChI=1S/C19H27NO5/c1-12(2)7-8-25-17-9-14(24-4)5-6-15(17)18(21)20-10-13(3)16(11-20)19(22)23/h5-6,9,12-13,16H,7-8,10-11H2,1-4H3,(H,22,23)/t13-,16-/m1/s1. The van der Waals surface area contributed by atoms with E-state index in [1.807, 2.05) is 6.92 Å². The normalized spacial score (nSPS) is 20.0. The van der Waals surface area contributed by atoms with E-state index in [0.717, 1.165) is 6.42 Å². The van der Waals surface area contributed by atoms with E-state index < -0.39 is 11.9 Å². The number of nitrogens with zero attached hydrogens (tertiary/aromatic N) is 1. The quantitative estimate of drug-likeness (QED) is 0.819. The molecule has 0 bridgehead atoms. The zero-order valence-corrected chi connectivity index (χ0v) is 15.3. The van der Waals surface area contributed by atoms with Gasteiger partial charge in [0.15, 0.2) is 0 Å². The molecule has 138 valence electrons. The molecule has 0 aliphatic carbocycles. The van der Waals surface area contributed by atoms with Crippen molar-refractivity contribution in [1.82, 2.24) is 4.90 Å². The summed E-state index contributed by atoms with van der Waals surface area (Å²) in [6.07, 6.45) is 0.882. The molecular weight excluding hydrogens is 322 g/mol. The summed E-state index contributed by atoms with van der Waals surface area (Å²) in [5, 5.41) is 9.27. The molecule has 1 N–H and O–H groups in total. The van der Waals surface area contributed by atoms with E-state index in [0.29, 0.717) is 36.1 Å². The minimum atomic E-state index is -0.856. The average Bonchev–Trinajstić information content (AvgIpc) is 2.96. The smallest absolute Gasteiger partial charge is 0.308 e. The van der Waals surface area contributed by atoms with Crippen molar-refractivity contribution in [1.29, 1.82) is 0 Å². The Morgan fingerprint density at radius 1 is 1.32 bits per heavy atom. The van der Waals surface area contributed by atoms with Gasteiger partial charge in [-0.25, -0.2) is 0 Å². The first kappa shape index (κ1) is 19.1. The van der Waals surface area contributed by atoms with E-state index in [1.165, 1.54) is 0 Å². The molecule has 6 nitrogen and oxygen atoms in total. The van der Waals surface area contributed by atoms with Crippen LogP contribution in [0.5, 0.6) is 11.5 Å². The number of methoxy groups -OCH3 is 1. The first-order valence-electron chi connectivity index (χ1n) is 8.66. The fourth-order valence-corrected chi connectivity index (χ4v) is 2.95. The molecule has 0 spiro atoms. The van der Waals surface area contributed by atoms with Gasteiger partial charge in [0.2, 0.25) is 0 Å². The molecule has 1 aliphatic heterocycles. The van der Waals surface area contributed by atoms with Crippen molar-refractivity contribution in [3.63, 3.8) is 0 Å². The summed E-state index contributed by atoms with van der Waals surface area (Å²) < 4.78 is 11.1. The maximum Gasteiger partial charge on any atom is 0.308 e. The van der Waals surface area contributed by atoms with Crippen LogP contribution in [-0.2, 0) is 4.79 Å². The van der Waals surface area contributed by atoms with Crippen LogP contribution in [0.3, 0.4) is 0 Å². The first-order chi connectivity index (χ1) is 11.8. The second kappa shape index (κ2) is 8.23. The van der Waals surface area contributed by atoms with E-state index in [2.05, 4.69) is 13.8 Å². The zero-order chi connectivity index (χ0) is 18.6. The summed E-state index contributed by atoms with van der Waals surface area (Å²) in [4.78, 5) is 25.8. The molecule has 1 fully saturated rings. The van der Waals surface area contributed by atoms with Gasteiger partial charge >= 0.3 is 5.97 Å².